The molecule has 0 aromatic heterocycles. The van der Waals surface area contributed by atoms with Crippen molar-refractivity contribution >= 4 is 11.9 Å². The van der Waals surface area contributed by atoms with Crippen molar-refractivity contribution < 1.29 is 19.1 Å². The van der Waals surface area contributed by atoms with Crippen LogP contribution in [0, 0.1) is 5.92 Å². The summed E-state index contributed by atoms with van der Waals surface area (Å²) in [5.74, 6) is -0.441. The van der Waals surface area contributed by atoms with Gasteiger partial charge in [0.1, 0.15) is 5.76 Å². The van der Waals surface area contributed by atoms with Gasteiger partial charge in [-0.1, -0.05) is 19.3 Å². The maximum absolute atomic E-state index is 11.7. The van der Waals surface area contributed by atoms with Crippen molar-refractivity contribution in [2.24, 2.45) is 5.92 Å². The van der Waals surface area contributed by atoms with E-state index in [2.05, 4.69) is 4.74 Å². The van der Waals surface area contributed by atoms with E-state index in [0.29, 0.717) is 5.76 Å². The number of allylic oxidation sites excluding steroid dienone is 1. The molecule has 1 saturated carbocycles. The molecule has 0 saturated heterocycles. The molecular weight excluding hydrogens is 208 g/mol. The smallest absolute Gasteiger partial charge is 0.333 e. The summed E-state index contributed by atoms with van der Waals surface area (Å²) >= 11 is 0. The van der Waals surface area contributed by atoms with Crippen molar-refractivity contribution in [3.05, 3.63) is 11.8 Å². The van der Waals surface area contributed by atoms with Gasteiger partial charge in [0, 0.05) is 0 Å². The molecule has 0 aromatic carbocycles. The molecule has 16 heavy (non-hydrogen) atoms. The van der Waals surface area contributed by atoms with Crippen LogP contribution in [0.1, 0.15) is 39.0 Å². The first kappa shape index (κ1) is 12.7. The monoisotopic (exact) mass is 226 g/mol. The summed E-state index contributed by atoms with van der Waals surface area (Å²) in [6, 6.07) is 0. The van der Waals surface area contributed by atoms with E-state index in [4.69, 9.17) is 4.74 Å². The lowest BCUT2D eigenvalue weighted by atomic mass is 9.89. The van der Waals surface area contributed by atoms with E-state index in [-0.39, 0.29) is 11.9 Å². The molecule has 1 fully saturated rings. The predicted octanol–water partition coefficient (Wildman–Crippen LogP) is 2.19. The predicted molar refractivity (Wildman–Crippen MR) is 58.4 cm³/mol. The molecule has 1 aliphatic rings. The lowest BCUT2D eigenvalue weighted by Crippen LogP contribution is -2.20. The van der Waals surface area contributed by atoms with E-state index in [0.717, 1.165) is 25.7 Å². The van der Waals surface area contributed by atoms with Gasteiger partial charge in [-0.3, -0.25) is 4.79 Å². The van der Waals surface area contributed by atoms with E-state index >= 15 is 0 Å². The summed E-state index contributed by atoms with van der Waals surface area (Å²) < 4.78 is 9.52. The van der Waals surface area contributed by atoms with E-state index in [9.17, 15) is 9.59 Å². The summed E-state index contributed by atoms with van der Waals surface area (Å²) in [6.07, 6.45) is 6.33. The average Bonchev–Trinajstić information content (AvgIpc) is 2.29. The average molecular weight is 226 g/mol. The Balaban J connectivity index is 2.43. The van der Waals surface area contributed by atoms with Crippen molar-refractivity contribution in [1.82, 2.24) is 0 Å². The van der Waals surface area contributed by atoms with Crippen LogP contribution in [-0.4, -0.2) is 19.0 Å². The molecule has 0 unspecified atom stereocenters. The minimum Gasteiger partial charge on any atom is -0.466 e. The van der Waals surface area contributed by atoms with Gasteiger partial charge >= 0.3 is 11.9 Å². The van der Waals surface area contributed by atoms with Crippen LogP contribution in [0.15, 0.2) is 11.8 Å². The number of carbonyl (C=O) groups is 2. The van der Waals surface area contributed by atoms with E-state index in [1.165, 1.54) is 19.6 Å². The maximum Gasteiger partial charge on any atom is 0.333 e. The van der Waals surface area contributed by atoms with Crippen LogP contribution in [0.5, 0.6) is 0 Å². The zero-order valence-corrected chi connectivity index (χ0v) is 9.82. The largest absolute Gasteiger partial charge is 0.466 e. The Labute approximate surface area is 95.6 Å². The molecule has 0 aromatic rings. The van der Waals surface area contributed by atoms with Crippen LogP contribution in [0.25, 0.3) is 0 Å². The maximum atomic E-state index is 11.7. The molecule has 0 atom stereocenters. The molecule has 0 bridgehead atoms. The third kappa shape index (κ3) is 4.04. The van der Waals surface area contributed by atoms with Gasteiger partial charge in [-0.25, -0.2) is 4.79 Å². The first-order valence-electron chi connectivity index (χ1n) is 5.61. The molecule has 0 aliphatic heterocycles. The van der Waals surface area contributed by atoms with E-state index in [1.54, 1.807) is 6.92 Å². The lowest BCUT2D eigenvalue weighted by Gasteiger charge is -2.19. The fraction of sp³-hybridized carbons (Fsp3) is 0.667. The van der Waals surface area contributed by atoms with Gasteiger partial charge in [-0.05, 0) is 19.8 Å². The van der Waals surface area contributed by atoms with Crippen molar-refractivity contribution in [1.29, 1.82) is 0 Å². The number of esters is 2. The highest BCUT2D eigenvalue weighted by molar-refractivity contribution is 5.83. The van der Waals surface area contributed by atoms with Crippen LogP contribution < -0.4 is 0 Å². The quantitative estimate of drug-likeness (QED) is 0.420. The topological polar surface area (TPSA) is 52.6 Å². The zero-order chi connectivity index (χ0) is 12.0. The summed E-state index contributed by atoms with van der Waals surface area (Å²) in [6.45, 7) is 1.58. The minimum absolute atomic E-state index is 0.00486. The summed E-state index contributed by atoms with van der Waals surface area (Å²) in [5, 5.41) is 0. The van der Waals surface area contributed by atoms with E-state index < -0.39 is 5.97 Å². The van der Waals surface area contributed by atoms with Gasteiger partial charge in [-0.15, -0.1) is 0 Å². The van der Waals surface area contributed by atoms with Gasteiger partial charge in [0.15, 0.2) is 0 Å². The standard InChI is InChI=1S/C12H18O4/c1-9(8-11(13)15-2)16-12(14)10-6-4-3-5-7-10/h8,10H,3-7H2,1-2H3/b9-8-. The van der Waals surface area contributed by atoms with Crippen molar-refractivity contribution in [3.63, 3.8) is 0 Å². The van der Waals surface area contributed by atoms with Gasteiger partial charge in [-0.2, -0.15) is 0 Å². The third-order valence-corrected chi connectivity index (χ3v) is 2.72. The fourth-order valence-corrected chi connectivity index (χ4v) is 1.83. The zero-order valence-electron chi connectivity index (χ0n) is 9.82. The second kappa shape index (κ2) is 6.30. The van der Waals surface area contributed by atoms with Crippen LogP contribution in [0.3, 0.4) is 0 Å². The molecular formula is C12H18O4. The Morgan fingerprint density at radius 1 is 1.19 bits per heavy atom. The molecule has 0 spiro atoms. The molecule has 0 radical (unpaired) electrons. The first-order chi connectivity index (χ1) is 7.63. The fourth-order valence-electron chi connectivity index (χ4n) is 1.83. The third-order valence-electron chi connectivity index (χ3n) is 2.72. The van der Waals surface area contributed by atoms with Gasteiger partial charge in [0.05, 0.1) is 19.1 Å². The number of hydrogen-bond acceptors (Lipinski definition) is 4. The highest BCUT2D eigenvalue weighted by atomic mass is 16.5. The number of hydrogen-bond donors (Lipinski definition) is 0. The highest BCUT2D eigenvalue weighted by Crippen LogP contribution is 2.25. The number of carbonyl (C=O) groups excluding carboxylic acids is 2. The van der Waals surface area contributed by atoms with Crippen molar-refractivity contribution in [2.45, 2.75) is 39.0 Å². The number of rotatable bonds is 3. The molecule has 4 nitrogen and oxygen atoms in total. The second-order valence-electron chi connectivity index (χ2n) is 4.03. The van der Waals surface area contributed by atoms with Crippen LogP contribution in [0.4, 0.5) is 0 Å². The molecule has 0 amide bonds. The number of methoxy groups -OCH3 is 1. The Kier molecular flexibility index (Phi) is 5.02. The summed E-state index contributed by atoms with van der Waals surface area (Å²) in [5.41, 5.74) is 0. The Morgan fingerprint density at radius 2 is 1.81 bits per heavy atom. The van der Waals surface area contributed by atoms with Crippen molar-refractivity contribution in [2.75, 3.05) is 7.11 Å². The summed E-state index contributed by atoms with van der Waals surface area (Å²) in [4.78, 5) is 22.6. The van der Waals surface area contributed by atoms with E-state index in [1.807, 2.05) is 0 Å². The summed E-state index contributed by atoms with van der Waals surface area (Å²) in [7, 11) is 1.29. The molecule has 0 heterocycles. The molecule has 1 aliphatic carbocycles. The SMILES string of the molecule is COC(=O)/C=C(/C)OC(=O)C1CCCCC1. The van der Waals surface area contributed by atoms with Crippen molar-refractivity contribution in [3.8, 4) is 0 Å². The van der Waals surface area contributed by atoms with Crippen LogP contribution in [-0.2, 0) is 19.1 Å². The Hall–Kier alpha value is -1.32. The minimum atomic E-state index is -0.506. The van der Waals surface area contributed by atoms with Gasteiger partial charge < -0.3 is 9.47 Å². The Morgan fingerprint density at radius 3 is 2.38 bits per heavy atom. The molecule has 1 rings (SSSR count). The lowest BCUT2D eigenvalue weighted by molar-refractivity contribution is -0.145. The molecule has 0 N–H and O–H groups in total. The van der Waals surface area contributed by atoms with Gasteiger partial charge in [0.25, 0.3) is 0 Å². The normalized spacial score (nSPS) is 18.0. The second-order valence-corrected chi connectivity index (χ2v) is 4.03. The first-order valence-corrected chi connectivity index (χ1v) is 5.61. The highest BCUT2D eigenvalue weighted by Gasteiger charge is 2.22. The van der Waals surface area contributed by atoms with Gasteiger partial charge in [0.2, 0.25) is 0 Å². The Bertz CT molecular complexity index is 287. The molecule has 90 valence electrons. The van der Waals surface area contributed by atoms with Crippen LogP contribution in [0.2, 0.25) is 0 Å². The van der Waals surface area contributed by atoms with Crippen LogP contribution >= 0.6 is 0 Å². The number of ether oxygens (including phenoxy) is 2. The molecule has 4 heteroatoms.